The van der Waals surface area contributed by atoms with E-state index in [2.05, 4.69) is 0 Å². The van der Waals surface area contributed by atoms with E-state index in [1.165, 1.54) is 18.2 Å². The van der Waals surface area contributed by atoms with Crippen LogP contribution in [0.15, 0.2) is 48.5 Å². The molecule has 1 aliphatic rings. The lowest BCUT2D eigenvalue weighted by atomic mass is 9.96. The quantitative estimate of drug-likeness (QED) is 0.348. The van der Waals surface area contributed by atoms with Crippen LogP contribution in [0, 0.1) is 17.0 Å². The minimum Gasteiger partial charge on any atom is -0.457 e. The van der Waals surface area contributed by atoms with Crippen LogP contribution in [-0.4, -0.2) is 23.3 Å². The average Bonchev–Trinajstić information content (AvgIpc) is 3.42. The number of Topliss-reactive ketones (excluding diaryl/α,β-unsaturated/α-hetero) is 1. The van der Waals surface area contributed by atoms with E-state index in [9.17, 15) is 19.7 Å². The zero-order valence-electron chi connectivity index (χ0n) is 13.7. The molecule has 6 nitrogen and oxygen atoms in total. The van der Waals surface area contributed by atoms with Gasteiger partial charge >= 0.3 is 5.97 Å². The van der Waals surface area contributed by atoms with E-state index in [-0.39, 0.29) is 11.3 Å². The van der Waals surface area contributed by atoms with Crippen LogP contribution in [-0.2, 0) is 14.9 Å². The van der Waals surface area contributed by atoms with Crippen molar-refractivity contribution in [2.24, 2.45) is 0 Å². The third-order valence-electron chi connectivity index (χ3n) is 4.53. The normalized spacial score (nSPS) is 14.6. The highest BCUT2D eigenvalue weighted by molar-refractivity contribution is 5.99. The molecule has 0 aliphatic heterocycles. The number of nitro benzene ring substituents is 1. The van der Waals surface area contributed by atoms with Crippen LogP contribution in [0.1, 0.15) is 34.3 Å². The maximum atomic E-state index is 12.4. The maximum Gasteiger partial charge on any atom is 0.317 e. The number of nitro groups is 1. The van der Waals surface area contributed by atoms with Crippen LogP contribution in [0.4, 0.5) is 5.69 Å². The fourth-order valence-corrected chi connectivity index (χ4v) is 2.82. The molecule has 1 aliphatic carbocycles. The molecule has 1 saturated carbocycles. The second-order valence-corrected chi connectivity index (χ2v) is 6.21. The monoisotopic (exact) mass is 339 g/mol. The van der Waals surface area contributed by atoms with Gasteiger partial charge in [0.1, 0.15) is 0 Å². The van der Waals surface area contributed by atoms with Gasteiger partial charge in [-0.2, -0.15) is 0 Å². The van der Waals surface area contributed by atoms with E-state index in [0.717, 1.165) is 5.56 Å². The first kappa shape index (κ1) is 16.8. The van der Waals surface area contributed by atoms with Crippen LogP contribution < -0.4 is 0 Å². The molecule has 2 aromatic carbocycles. The van der Waals surface area contributed by atoms with Gasteiger partial charge < -0.3 is 4.74 Å². The third-order valence-corrected chi connectivity index (χ3v) is 4.53. The topological polar surface area (TPSA) is 86.5 Å². The van der Waals surface area contributed by atoms with Crippen molar-refractivity contribution in [1.29, 1.82) is 0 Å². The minimum absolute atomic E-state index is 0.125. The van der Waals surface area contributed by atoms with E-state index >= 15 is 0 Å². The van der Waals surface area contributed by atoms with Crippen molar-refractivity contribution < 1.29 is 19.2 Å². The van der Waals surface area contributed by atoms with Gasteiger partial charge in [-0.05, 0) is 25.3 Å². The molecule has 0 aromatic heterocycles. The van der Waals surface area contributed by atoms with Gasteiger partial charge in [-0.15, -0.1) is 0 Å². The lowest BCUT2D eigenvalue weighted by Crippen LogP contribution is -2.25. The molecular weight excluding hydrogens is 322 g/mol. The summed E-state index contributed by atoms with van der Waals surface area (Å²) in [6, 6.07) is 13.6. The van der Waals surface area contributed by atoms with Crippen molar-refractivity contribution in [3.8, 4) is 0 Å². The van der Waals surface area contributed by atoms with Crippen molar-refractivity contribution >= 4 is 17.4 Å². The summed E-state index contributed by atoms with van der Waals surface area (Å²) < 4.78 is 5.21. The second-order valence-electron chi connectivity index (χ2n) is 6.21. The number of ketones is 1. The summed E-state index contributed by atoms with van der Waals surface area (Å²) in [7, 11) is 0. The van der Waals surface area contributed by atoms with Gasteiger partial charge in [-0.25, -0.2) is 0 Å². The Balaban J connectivity index is 1.68. The summed E-state index contributed by atoms with van der Waals surface area (Å²) in [5.74, 6) is -0.881. The highest BCUT2D eigenvalue weighted by atomic mass is 16.6. The third kappa shape index (κ3) is 3.28. The number of esters is 1. The number of rotatable bonds is 6. The SMILES string of the molecule is Cc1ccc(C(=O)COC(=O)C2(c3ccccc3)CC2)cc1[N+](=O)[O-]. The van der Waals surface area contributed by atoms with Crippen LogP contribution in [0.2, 0.25) is 0 Å². The van der Waals surface area contributed by atoms with Crippen molar-refractivity contribution in [2.75, 3.05) is 6.61 Å². The van der Waals surface area contributed by atoms with Crippen molar-refractivity contribution in [2.45, 2.75) is 25.2 Å². The Kier molecular flexibility index (Phi) is 4.35. The number of carbonyl (C=O) groups excluding carboxylic acids is 2. The molecule has 0 unspecified atom stereocenters. The molecule has 128 valence electrons. The highest BCUT2D eigenvalue weighted by Gasteiger charge is 2.52. The Morgan fingerprint density at radius 1 is 1.16 bits per heavy atom. The van der Waals surface area contributed by atoms with Gasteiger partial charge in [-0.1, -0.05) is 42.5 Å². The van der Waals surface area contributed by atoms with Crippen LogP contribution >= 0.6 is 0 Å². The summed E-state index contributed by atoms with van der Waals surface area (Å²) in [5.41, 5.74) is 0.744. The standard InChI is InChI=1S/C19H17NO5/c1-13-7-8-14(11-16(13)20(23)24)17(21)12-25-18(22)19(9-10-19)15-5-3-2-4-6-15/h2-8,11H,9-10,12H2,1H3. The Labute approximate surface area is 144 Å². The smallest absolute Gasteiger partial charge is 0.317 e. The average molecular weight is 339 g/mol. The molecule has 0 bridgehead atoms. The number of nitrogens with zero attached hydrogens (tertiary/aromatic N) is 1. The molecule has 1 fully saturated rings. The Bertz CT molecular complexity index is 840. The van der Waals surface area contributed by atoms with Gasteiger partial charge in [0, 0.05) is 17.2 Å². The van der Waals surface area contributed by atoms with Crippen molar-refractivity contribution in [3.63, 3.8) is 0 Å². The number of aryl methyl sites for hydroxylation is 1. The first-order valence-electron chi connectivity index (χ1n) is 7.95. The summed E-state index contributed by atoms with van der Waals surface area (Å²) in [6.45, 7) is 1.18. The predicted octanol–water partition coefficient (Wildman–Crippen LogP) is 3.36. The fourth-order valence-electron chi connectivity index (χ4n) is 2.82. The minimum atomic E-state index is -0.652. The van der Waals surface area contributed by atoms with Gasteiger partial charge in [0.15, 0.2) is 6.61 Å². The Hall–Kier alpha value is -3.02. The second kappa shape index (κ2) is 6.47. The predicted molar refractivity (Wildman–Crippen MR) is 90.5 cm³/mol. The molecule has 6 heteroatoms. The first-order valence-corrected chi connectivity index (χ1v) is 7.95. The zero-order chi connectivity index (χ0) is 18.0. The molecular formula is C19H17NO5. The largest absolute Gasteiger partial charge is 0.457 e. The fraction of sp³-hybridized carbons (Fsp3) is 0.263. The van der Waals surface area contributed by atoms with E-state index in [0.29, 0.717) is 18.4 Å². The van der Waals surface area contributed by atoms with Crippen LogP contribution in [0.25, 0.3) is 0 Å². The van der Waals surface area contributed by atoms with Crippen molar-refractivity contribution in [1.82, 2.24) is 0 Å². The maximum absolute atomic E-state index is 12.4. The van der Waals surface area contributed by atoms with E-state index in [1.807, 2.05) is 30.3 Å². The molecule has 0 spiro atoms. The number of ether oxygens (including phenoxy) is 1. The van der Waals surface area contributed by atoms with E-state index in [4.69, 9.17) is 4.74 Å². The summed E-state index contributed by atoms with van der Waals surface area (Å²) in [5, 5.41) is 11.0. The molecule has 3 rings (SSSR count). The van der Waals surface area contributed by atoms with Crippen molar-refractivity contribution in [3.05, 3.63) is 75.3 Å². The van der Waals surface area contributed by atoms with Gasteiger partial charge in [0.2, 0.25) is 5.78 Å². The summed E-state index contributed by atoms with van der Waals surface area (Å²) in [4.78, 5) is 35.1. The van der Waals surface area contributed by atoms with Gasteiger partial charge in [0.05, 0.1) is 10.3 Å². The Morgan fingerprint density at radius 3 is 2.44 bits per heavy atom. The first-order chi connectivity index (χ1) is 11.9. The summed E-state index contributed by atoms with van der Waals surface area (Å²) >= 11 is 0. The molecule has 0 atom stereocenters. The molecule has 0 saturated heterocycles. The molecule has 2 aromatic rings. The molecule has 0 radical (unpaired) electrons. The lowest BCUT2D eigenvalue weighted by molar-refractivity contribution is -0.385. The molecule has 0 amide bonds. The van der Waals surface area contributed by atoms with Gasteiger partial charge in [0.25, 0.3) is 5.69 Å². The van der Waals surface area contributed by atoms with E-state index < -0.39 is 28.7 Å². The molecule has 0 N–H and O–H groups in total. The Morgan fingerprint density at radius 2 is 1.84 bits per heavy atom. The van der Waals surface area contributed by atoms with Crippen LogP contribution in [0.5, 0.6) is 0 Å². The summed E-state index contributed by atoms with van der Waals surface area (Å²) in [6.07, 6.45) is 1.39. The van der Waals surface area contributed by atoms with Gasteiger partial charge in [-0.3, -0.25) is 19.7 Å². The van der Waals surface area contributed by atoms with E-state index in [1.54, 1.807) is 6.92 Å². The lowest BCUT2D eigenvalue weighted by Gasteiger charge is -2.14. The number of hydrogen-bond acceptors (Lipinski definition) is 5. The molecule has 0 heterocycles. The number of hydrogen-bond donors (Lipinski definition) is 0. The molecule has 25 heavy (non-hydrogen) atoms. The number of carbonyl (C=O) groups is 2. The number of benzene rings is 2. The zero-order valence-corrected chi connectivity index (χ0v) is 13.7. The van der Waals surface area contributed by atoms with Crippen LogP contribution in [0.3, 0.4) is 0 Å². The highest BCUT2D eigenvalue weighted by Crippen LogP contribution is 2.49.